The highest BCUT2D eigenvalue weighted by Crippen LogP contribution is 2.36. The number of amides is 1. The van der Waals surface area contributed by atoms with Crippen molar-refractivity contribution in [3.8, 4) is 0 Å². The highest BCUT2D eigenvalue weighted by molar-refractivity contribution is 5.98. The SMILES string of the molecule is C=N/C(NC1(C)CC1)=C(\C)C(C(=O)NCc1ccc(N2CCOCC2)nn1)=C(C)C. The maximum absolute atomic E-state index is 13.0. The molecule has 0 radical (unpaired) electrons. The molecule has 0 unspecified atom stereocenters. The molecule has 1 amide bonds. The van der Waals surface area contributed by atoms with Gasteiger partial charge >= 0.3 is 0 Å². The molecule has 8 heteroatoms. The molecule has 2 N–H and O–H groups in total. The quantitative estimate of drug-likeness (QED) is 0.387. The van der Waals surface area contributed by atoms with Gasteiger partial charge in [-0.2, -0.15) is 5.10 Å². The number of carbonyl (C=O) groups excluding carboxylic acids is 1. The second-order valence-electron chi connectivity index (χ2n) is 8.36. The first-order valence-corrected chi connectivity index (χ1v) is 10.4. The Morgan fingerprint density at radius 3 is 2.47 bits per heavy atom. The highest BCUT2D eigenvalue weighted by Gasteiger charge is 2.38. The van der Waals surface area contributed by atoms with Crippen molar-refractivity contribution in [2.24, 2.45) is 4.99 Å². The van der Waals surface area contributed by atoms with Crippen LogP contribution >= 0.6 is 0 Å². The summed E-state index contributed by atoms with van der Waals surface area (Å²) in [7, 11) is 0. The largest absolute Gasteiger partial charge is 0.378 e. The Balaban J connectivity index is 1.65. The number of rotatable bonds is 8. The fourth-order valence-electron chi connectivity index (χ4n) is 3.41. The summed E-state index contributed by atoms with van der Waals surface area (Å²) in [5.41, 5.74) is 3.10. The lowest BCUT2D eigenvalue weighted by Gasteiger charge is -2.27. The summed E-state index contributed by atoms with van der Waals surface area (Å²) in [5, 5.41) is 14.9. The molecule has 30 heavy (non-hydrogen) atoms. The molecular weight excluding hydrogens is 380 g/mol. The molecule has 1 aromatic heterocycles. The summed E-state index contributed by atoms with van der Waals surface area (Å²) in [6.45, 7) is 14.9. The molecular formula is C22H32N6O2. The number of nitrogens with zero attached hydrogens (tertiary/aromatic N) is 4. The average Bonchev–Trinajstić information content (AvgIpc) is 3.48. The molecule has 162 valence electrons. The number of aliphatic imine (C=N–C) groups is 1. The van der Waals surface area contributed by atoms with Gasteiger partial charge in [-0.05, 0) is 59.4 Å². The highest BCUT2D eigenvalue weighted by atomic mass is 16.5. The van der Waals surface area contributed by atoms with Gasteiger partial charge in [0.25, 0.3) is 5.91 Å². The Morgan fingerprint density at radius 1 is 1.23 bits per heavy atom. The Hall–Kier alpha value is -2.74. The molecule has 0 spiro atoms. The summed E-state index contributed by atoms with van der Waals surface area (Å²) < 4.78 is 5.37. The summed E-state index contributed by atoms with van der Waals surface area (Å²) in [4.78, 5) is 19.2. The van der Waals surface area contributed by atoms with E-state index in [1.807, 2.05) is 32.9 Å². The minimum Gasteiger partial charge on any atom is -0.378 e. The number of nitrogens with one attached hydrogen (secondary N) is 2. The molecule has 0 bridgehead atoms. The molecule has 0 aromatic carbocycles. The van der Waals surface area contributed by atoms with Crippen LogP contribution < -0.4 is 15.5 Å². The molecule has 2 heterocycles. The Bertz CT molecular complexity index is 845. The van der Waals surface area contributed by atoms with E-state index in [-0.39, 0.29) is 11.4 Å². The van der Waals surface area contributed by atoms with Crippen LogP contribution in [-0.2, 0) is 16.1 Å². The predicted molar refractivity (Wildman–Crippen MR) is 118 cm³/mol. The van der Waals surface area contributed by atoms with E-state index in [1.54, 1.807) is 0 Å². The van der Waals surface area contributed by atoms with Crippen molar-refractivity contribution in [3.63, 3.8) is 0 Å². The van der Waals surface area contributed by atoms with E-state index in [0.717, 1.165) is 42.9 Å². The number of hydrogen-bond acceptors (Lipinski definition) is 7. The van der Waals surface area contributed by atoms with Crippen LogP contribution in [0.3, 0.4) is 0 Å². The van der Waals surface area contributed by atoms with Crippen LogP contribution in [0.4, 0.5) is 5.82 Å². The van der Waals surface area contributed by atoms with E-state index >= 15 is 0 Å². The number of allylic oxidation sites excluding steroid dienone is 1. The zero-order valence-electron chi connectivity index (χ0n) is 18.4. The van der Waals surface area contributed by atoms with Gasteiger partial charge in [0.1, 0.15) is 5.82 Å². The van der Waals surface area contributed by atoms with Gasteiger partial charge in [-0.15, -0.1) is 5.10 Å². The molecule has 3 rings (SSSR count). The van der Waals surface area contributed by atoms with E-state index in [2.05, 4.69) is 44.4 Å². The molecule has 1 aromatic rings. The maximum Gasteiger partial charge on any atom is 0.251 e. The van der Waals surface area contributed by atoms with E-state index in [0.29, 0.717) is 36.8 Å². The van der Waals surface area contributed by atoms with Gasteiger partial charge < -0.3 is 20.3 Å². The van der Waals surface area contributed by atoms with E-state index in [1.165, 1.54) is 0 Å². The second-order valence-corrected chi connectivity index (χ2v) is 8.36. The Morgan fingerprint density at radius 2 is 1.93 bits per heavy atom. The molecule has 1 aliphatic carbocycles. The first kappa shape index (κ1) is 22.0. The minimum absolute atomic E-state index is 0.0544. The molecule has 8 nitrogen and oxygen atoms in total. The topological polar surface area (TPSA) is 91.7 Å². The van der Waals surface area contributed by atoms with Crippen molar-refractivity contribution in [1.82, 2.24) is 20.8 Å². The zero-order chi connectivity index (χ0) is 21.7. The van der Waals surface area contributed by atoms with Gasteiger partial charge in [-0.1, -0.05) is 5.57 Å². The lowest BCUT2D eigenvalue weighted by Crippen LogP contribution is -2.37. The van der Waals surface area contributed by atoms with E-state index < -0.39 is 0 Å². The third-order valence-electron chi connectivity index (χ3n) is 5.51. The number of morpholine rings is 1. The van der Waals surface area contributed by atoms with E-state index in [4.69, 9.17) is 4.74 Å². The Labute approximate surface area is 178 Å². The second kappa shape index (κ2) is 9.38. The third kappa shape index (κ3) is 5.44. The summed E-state index contributed by atoms with van der Waals surface area (Å²) in [5.74, 6) is 1.34. The van der Waals surface area contributed by atoms with Crippen LogP contribution in [0.15, 0.2) is 39.7 Å². The standard InChI is InChI=1S/C22H32N6O2/c1-15(2)19(16(3)20(23-5)25-22(4)8-9-22)21(29)24-14-17-6-7-18(27-26-17)28-10-12-30-13-11-28/h6-7,25H,5,8-14H2,1-4H3,(H,24,29)/b20-16-. The first-order valence-electron chi connectivity index (χ1n) is 10.4. The summed E-state index contributed by atoms with van der Waals surface area (Å²) >= 11 is 0. The summed E-state index contributed by atoms with van der Waals surface area (Å²) in [6.07, 6.45) is 2.18. The van der Waals surface area contributed by atoms with Gasteiger partial charge in [0, 0.05) is 29.8 Å². The van der Waals surface area contributed by atoms with Gasteiger partial charge in [-0.3, -0.25) is 4.79 Å². The van der Waals surface area contributed by atoms with Crippen LogP contribution in [0, 0.1) is 0 Å². The predicted octanol–water partition coefficient (Wildman–Crippen LogP) is 2.34. The maximum atomic E-state index is 13.0. The number of ether oxygens (including phenoxy) is 1. The van der Waals surface area contributed by atoms with Crippen LogP contribution in [0.2, 0.25) is 0 Å². The van der Waals surface area contributed by atoms with Gasteiger partial charge in [0.2, 0.25) is 0 Å². The molecule has 0 atom stereocenters. The van der Waals surface area contributed by atoms with Crippen LogP contribution in [0.5, 0.6) is 0 Å². The van der Waals surface area contributed by atoms with Crippen molar-refractivity contribution >= 4 is 18.4 Å². The molecule has 2 aliphatic rings. The first-order chi connectivity index (χ1) is 14.3. The number of anilines is 1. The van der Waals surface area contributed by atoms with Crippen LogP contribution in [0.25, 0.3) is 0 Å². The van der Waals surface area contributed by atoms with E-state index in [9.17, 15) is 4.79 Å². The number of aromatic nitrogens is 2. The number of hydrogen-bond donors (Lipinski definition) is 2. The third-order valence-corrected chi connectivity index (χ3v) is 5.51. The molecule has 1 aliphatic heterocycles. The molecule has 1 saturated heterocycles. The van der Waals surface area contributed by atoms with Crippen LogP contribution in [-0.4, -0.2) is 54.7 Å². The number of carbonyl (C=O) groups is 1. The zero-order valence-corrected chi connectivity index (χ0v) is 18.4. The van der Waals surface area contributed by atoms with Crippen molar-refractivity contribution in [3.05, 3.63) is 40.4 Å². The fourth-order valence-corrected chi connectivity index (χ4v) is 3.41. The van der Waals surface area contributed by atoms with Gasteiger partial charge in [0.05, 0.1) is 25.5 Å². The molecule has 2 fully saturated rings. The fraction of sp³-hybridized carbons (Fsp3) is 0.545. The Kier molecular flexibility index (Phi) is 6.87. The van der Waals surface area contributed by atoms with Crippen LogP contribution in [0.1, 0.15) is 46.2 Å². The van der Waals surface area contributed by atoms with Crippen molar-refractivity contribution in [2.45, 2.75) is 52.6 Å². The van der Waals surface area contributed by atoms with Crippen molar-refractivity contribution < 1.29 is 9.53 Å². The monoisotopic (exact) mass is 412 g/mol. The van der Waals surface area contributed by atoms with Gasteiger partial charge in [-0.25, -0.2) is 4.99 Å². The van der Waals surface area contributed by atoms with Gasteiger partial charge in [0.15, 0.2) is 5.82 Å². The van der Waals surface area contributed by atoms with Crippen molar-refractivity contribution in [1.29, 1.82) is 0 Å². The summed E-state index contributed by atoms with van der Waals surface area (Å²) in [6, 6.07) is 3.84. The lowest BCUT2D eigenvalue weighted by atomic mass is 10.0. The molecule has 1 saturated carbocycles. The normalized spacial score (nSPS) is 18.2. The smallest absolute Gasteiger partial charge is 0.251 e. The lowest BCUT2D eigenvalue weighted by molar-refractivity contribution is -0.117. The average molecular weight is 413 g/mol. The minimum atomic E-state index is -0.157. The van der Waals surface area contributed by atoms with Crippen molar-refractivity contribution in [2.75, 3.05) is 31.2 Å².